The summed E-state index contributed by atoms with van der Waals surface area (Å²) in [6.07, 6.45) is 1.34. The van der Waals surface area contributed by atoms with Crippen LogP contribution in [0.2, 0.25) is 0 Å². The van der Waals surface area contributed by atoms with Gasteiger partial charge in [0.2, 0.25) is 0 Å². The molecule has 0 aromatic carbocycles. The van der Waals surface area contributed by atoms with Crippen LogP contribution < -0.4 is 5.73 Å². The quantitative estimate of drug-likeness (QED) is 0.747. The molecule has 0 bridgehead atoms. The van der Waals surface area contributed by atoms with Crippen LogP contribution in [0.1, 0.15) is 20.3 Å². The highest BCUT2D eigenvalue weighted by Gasteiger charge is 2.21. The second-order valence-corrected chi connectivity index (χ2v) is 5.51. The molecule has 13 heavy (non-hydrogen) atoms. The first-order valence-corrected chi connectivity index (χ1v) is 6.30. The zero-order valence-corrected chi connectivity index (χ0v) is 9.81. The van der Waals surface area contributed by atoms with Gasteiger partial charge in [-0.15, -0.1) is 0 Å². The van der Waals surface area contributed by atoms with Crippen LogP contribution in [0, 0.1) is 5.92 Å². The molecular formula is C10H22N2S. The van der Waals surface area contributed by atoms with Gasteiger partial charge in [-0.2, -0.15) is 11.8 Å². The van der Waals surface area contributed by atoms with Crippen molar-refractivity contribution in [3.8, 4) is 0 Å². The van der Waals surface area contributed by atoms with Crippen molar-refractivity contribution in [3.63, 3.8) is 0 Å². The van der Waals surface area contributed by atoms with E-state index in [1.807, 2.05) is 0 Å². The van der Waals surface area contributed by atoms with Crippen molar-refractivity contribution in [2.24, 2.45) is 11.7 Å². The number of hydrogen-bond donors (Lipinski definition) is 1. The van der Waals surface area contributed by atoms with Gasteiger partial charge in [-0.25, -0.2) is 0 Å². The number of rotatable bonds is 4. The third kappa shape index (κ3) is 3.49. The molecule has 0 aromatic heterocycles. The van der Waals surface area contributed by atoms with Crippen LogP contribution in [0.15, 0.2) is 0 Å². The summed E-state index contributed by atoms with van der Waals surface area (Å²) >= 11 is 2.06. The molecule has 1 aliphatic heterocycles. The van der Waals surface area contributed by atoms with Gasteiger partial charge in [0.05, 0.1) is 0 Å². The van der Waals surface area contributed by atoms with Gasteiger partial charge >= 0.3 is 0 Å². The van der Waals surface area contributed by atoms with Crippen molar-refractivity contribution < 1.29 is 0 Å². The number of nitrogens with two attached hydrogens (primary N) is 1. The average Bonchev–Trinajstić information content (AvgIpc) is 2.55. The maximum atomic E-state index is 6.04. The minimum atomic E-state index is 0.329. The summed E-state index contributed by atoms with van der Waals surface area (Å²) in [5.41, 5.74) is 6.04. The monoisotopic (exact) mass is 202 g/mol. The second kappa shape index (κ2) is 5.23. The fraction of sp³-hybridized carbons (Fsp3) is 1.00. The molecule has 2 N–H and O–H groups in total. The molecule has 1 fully saturated rings. The predicted octanol–water partition coefficient (Wildman–Crippen LogP) is 1.41. The molecule has 3 heteroatoms. The number of nitrogens with zero attached hydrogens (tertiary/aromatic N) is 1. The van der Waals surface area contributed by atoms with E-state index in [0.29, 0.717) is 12.0 Å². The lowest BCUT2D eigenvalue weighted by molar-refractivity contribution is 0.229. The minimum absolute atomic E-state index is 0.329. The molecule has 0 spiro atoms. The van der Waals surface area contributed by atoms with E-state index >= 15 is 0 Å². The summed E-state index contributed by atoms with van der Waals surface area (Å²) in [6, 6.07) is 1.10. The Hall–Kier alpha value is 0.270. The topological polar surface area (TPSA) is 29.3 Å². The first kappa shape index (κ1) is 11.3. The Labute approximate surface area is 86.2 Å². The normalized spacial score (nSPS) is 25.8. The van der Waals surface area contributed by atoms with E-state index in [0.717, 1.165) is 12.6 Å². The van der Waals surface area contributed by atoms with Crippen molar-refractivity contribution >= 4 is 11.8 Å². The zero-order valence-electron chi connectivity index (χ0n) is 8.99. The molecule has 0 aliphatic carbocycles. The summed E-state index contributed by atoms with van der Waals surface area (Å²) in [5.74, 6) is 3.21. The van der Waals surface area contributed by atoms with E-state index in [4.69, 9.17) is 5.73 Å². The second-order valence-electron chi connectivity index (χ2n) is 4.36. The summed E-state index contributed by atoms with van der Waals surface area (Å²) in [4.78, 5) is 2.44. The summed E-state index contributed by atoms with van der Waals surface area (Å²) in [5, 5.41) is 0. The van der Waals surface area contributed by atoms with Gasteiger partial charge in [0.1, 0.15) is 0 Å². The van der Waals surface area contributed by atoms with E-state index in [2.05, 4.69) is 37.6 Å². The van der Waals surface area contributed by atoms with Crippen molar-refractivity contribution in [2.45, 2.75) is 32.4 Å². The lowest BCUT2D eigenvalue weighted by Gasteiger charge is -2.28. The third-order valence-electron chi connectivity index (χ3n) is 2.88. The van der Waals surface area contributed by atoms with E-state index < -0.39 is 0 Å². The smallest absolute Gasteiger partial charge is 0.0191 e. The van der Waals surface area contributed by atoms with Crippen LogP contribution in [0.25, 0.3) is 0 Å². The molecule has 1 rings (SSSR count). The Morgan fingerprint density at radius 1 is 1.54 bits per heavy atom. The molecular weight excluding hydrogens is 180 g/mol. The molecule has 0 aromatic rings. The van der Waals surface area contributed by atoms with E-state index in [-0.39, 0.29) is 0 Å². The molecule has 0 radical (unpaired) electrons. The summed E-state index contributed by atoms with van der Waals surface area (Å²) < 4.78 is 0. The molecule has 2 unspecified atom stereocenters. The Morgan fingerprint density at radius 3 is 2.69 bits per heavy atom. The van der Waals surface area contributed by atoms with Crippen molar-refractivity contribution in [2.75, 3.05) is 25.1 Å². The van der Waals surface area contributed by atoms with Crippen molar-refractivity contribution in [3.05, 3.63) is 0 Å². The number of hydrogen-bond acceptors (Lipinski definition) is 3. The summed E-state index contributed by atoms with van der Waals surface area (Å²) in [6.45, 7) is 5.44. The van der Waals surface area contributed by atoms with Gasteiger partial charge in [-0.05, 0) is 25.1 Å². The highest BCUT2D eigenvalue weighted by molar-refractivity contribution is 7.99. The molecule has 0 amide bonds. The van der Waals surface area contributed by atoms with Crippen molar-refractivity contribution in [1.82, 2.24) is 4.90 Å². The van der Waals surface area contributed by atoms with Crippen LogP contribution in [-0.2, 0) is 0 Å². The number of likely N-dealkylation sites (N-methyl/N-ethyl adjacent to an activating group) is 1. The number of thioether (sulfide) groups is 1. The molecule has 78 valence electrons. The first-order chi connectivity index (χ1) is 6.11. The predicted molar refractivity (Wildman–Crippen MR) is 61.2 cm³/mol. The first-order valence-electron chi connectivity index (χ1n) is 5.15. The molecule has 1 heterocycles. The largest absolute Gasteiger partial charge is 0.326 e. The van der Waals surface area contributed by atoms with Crippen LogP contribution in [0.5, 0.6) is 0 Å². The van der Waals surface area contributed by atoms with Crippen LogP contribution in [0.3, 0.4) is 0 Å². The highest BCUT2D eigenvalue weighted by atomic mass is 32.2. The fourth-order valence-corrected chi connectivity index (χ4v) is 2.86. The van der Waals surface area contributed by atoms with Crippen LogP contribution in [-0.4, -0.2) is 42.1 Å². The highest BCUT2D eigenvalue weighted by Crippen LogP contribution is 2.21. The summed E-state index contributed by atoms with van der Waals surface area (Å²) in [7, 11) is 2.21. The lowest BCUT2D eigenvalue weighted by Crippen LogP contribution is -2.43. The maximum Gasteiger partial charge on any atom is 0.0191 e. The van der Waals surface area contributed by atoms with E-state index in [1.54, 1.807) is 0 Å². The maximum absolute atomic E-state index is 6.04. The standard InChI is InChI=1S/C10H22N2S/c1-8(2)10(11)6-12(3)9-4-5-13-7-9/h8-10H,4-7,11H2,1-3H3. The molecule has 2 atom stereocenters. The molecule has 1 saturated heterocycles. The van der Waals surface area contributed by atoms with Gasteiger partial charge in [0, 0.05) is 24.4 Å². The van der Waals surface area contributed by atoms with Gasteiger partial charge < -0.3 is 10.6 Å². The lowest BCUT2D eigenvalue weighted by atomic mass is 10.0. The third-order valence-corrected chi connectivity index (χ3v) is 4.03. The van der Waals surface area contributed by atoms with E-state index in [1.165, 1.54) is 17.9 Å². The van der Waals surface area contributed by atoms with Crippen molar-refractivity contribution in [1.29, 1.82) is 0 Å². The zero-order chi connectivity index (χ0) is 9.84. The van der Waals surface area contributed by atoms with Gasteiger partial charge in [0.25, 0.3) is 0 Å². The van der Waals surface area contributed by atoms with Gasteiger partial charge in [0.15, 0.2) is 0 Å². The van der Waals surface area contributed by atoms with Gasteiger partial charge in [-0.1, -0.05) is 13.8 Å². The van der Waals surface area contributed by atoms with E-state index in [9.17, 15) is 0 Å². The molecule has 0 saturated carbocycles. The Kier molecular flexibility index (Phi) is 4.56. The minimum Gasteiger partial charge on any atom is -0.326 e. The molecule has 1 aliphatic rings. The van der Waals surface area contributed by atoms with Crippen LogP contribution >= 0.6 is 11.8 Å². The molecule has 2 nitrogen and oxygen atoms in total. The Bertz CT molecular complexity index is 144. The fourth-order valence-electron chi connectivity index (χ4n) is 1.56. The Balaban J connectivity index is 2.26. The Morgan fingerprint density at radius 2 is 2.23 bits per heavy atom. The average molecular weight is 202 g/mol. The SMILES string of the molecule is CC(C)C(N)CN(C)C1CCSC1. The van der Waals surface area contributed by atoms with Gasteiger partial charge in [-0.3, -0.25) is 0 Å². The van der Waals surface area contributed by atoms with Crippen LogP contribution in [0.4, 0.5) is 0 Å².